The average molecular weight is 257 g/mol. The van der Waals surface area contributed by atoms with Crippen LogP contribution < -0.4 is 16.4 Å². The summed E-state index contributed by atoms with van der Waals surface area (Å²) in [4.78, 5) is 8.20. The molecule has 100 valence electrons. The molecule has 0 amide bonds. The molecule has 0 aliphatic rings. The summed E-state index contributed by atoms with van der Waals surface area (Å²) in [6, 6.07) is 10.1. The first-order chi connectivity index (χ1) is 9.08. The molecule has 19 heavy (non-hydrogen) atoms. The molecule has 0 spiro atoms. The fourth-order valence-corrected chi connectivity index (χ4v) is 1.76. The average Bonchev–Trinajstić information content (AvgIpc) is 2.38. The van der Waals surface area contributed by atoms with E-state index in [0.29, 0.717) is 17.6 Å². The van der Waals surface area contributed by atoms with Crippen LogP contribution >= 0.6 is 0 Å². The molecular formula is C14H19N5. The molecule has 0 saturated heterocycles. The van der Waals surface area contributed by atoms with Crippen LogP contribution in [0.25, 0.3) is 0 Å². The molecule has 0 bridgehead atoms. The summed E-state index contributed by atoms with van der Waals surface area (Å²) in [6.07, 6.45) is 0. The molecular weight excluding hydrogens is 238 g/mol. The Morgan fingerprint density at radius 2 is 1.68 bits per heavy atom. The van der Waals surface area contributed by atoms with Crippen molar-refractivity contribution in [3.63, 3.8) is 0 Å². The topological polar surface area (TPSA) is 75.9 Å². The molecule has 0 saturated carbocycles. The molecule has 4 N–H and O–H groups in total. The SMILES string of the molecule is CNc1cc(Nc2ccc(C(C)C)cc2)nc(N)n1. The zero-order valence-electron chi connectivity index (χ0n) is 11.4. The molecule has 1 heterocycles. The largest absolute Gasteiger partial charge is 0.373 e. The number of anilines is 4. The summed E-state index contributed by atoms with van der Waals surface area (Å²) >= 11 is 0. The van der Waals surface area contributed by atoms with Gasteiger partial charge in [0.25, 0.3) is 0 Å². The van der Waals surface area contributed by atoms with Gasteiger partial charge in [-0.05, 0) is 23.6 Å². The summed E-state index contributed by atoms with van der Waals surface area (Å²) in [6.45, 7) is 4.35. The summed E-state index contributed by atoms with van der Waals surface area (Å²) in [7, 11) is 1.79. The first-order valence-electron chi connectivity index (χ1n) is 6.28. The summed E-state index contributed by atoms with van der Waals surface area (Å²) in [5.74, 6) is 2.13. The van der Waals surface area contributed by atoms with Crippen molar-refractivity contribution < 1.29 is 0 Å². The van der Waals surface area contributed by atoms with Crippen LogP contribution in [0.4, 0.5) is 23.3 Å². The Hall–Kier alpha value is -2.30. The zero-order valence-corrected chi connectivity index (χ0v) is 11.4. The van der Waals surface area contributed by atoms with Gasteiger partial charge in [-0.25, -0.2) is 0 Å². The molecule has 5 heteroatoms. The van der Waals surface area contributed by atoms with E-state index < -0.39 is 0 Å². The maximum Gasteiger partial charge on any atom is 0.223 e. The van der Waals surface area contributed by atoms with Crippen LogP contribution in [0.2, 0.25) is 0 Å². The standard InChI is InChI=1S/C14H19N5/c1-9(2)10-4-6-11(7-5-10)17-13-8-12(16-3)18-14(15)19-13/h4-9H,1-3H3,(H4,15,16,17,18,19). The van der Waals surface area contributed by atoms with Gasteiger partial charge in [-0.2, -0.15) is 9.97 Å². The molecule has 2 rings (SSSR count). The highest BCUT2D eigenvalue weighted by Crippen LogP contribution is 2.21. The van der Waals surface area contributed by atoms with Gasteiger partial charge in [0.15, 0.2) is 0 Å². The van der Waals surface area contributed by atoms with Crippen molar-refractivity contribution in [3.8, 4) is 0 Å². The van der Waals surface area contributed by atoms with Crippen molar-refractivity contribution in [1.82, 2.24) is 9.97 Å². The van der Waals surface area contributed by atoms with E-state index in [1.807, 2.05) is 18.2 Å². The van der Waals surface area contributed by atoms with E-state index in [1.54, 1.807) is 7.05 Å². The molecule has 0 unspecified atom stereocenters. The summed E-state index contributed by atoms with van der Waals surface area (Å²) < 4.78 is 0. The van der Waals surface area contributed by atoms with Crippen molar-refractivity contribution >= 4 is 23.3 Å². The normalized spacial score (nSPS) is 10.5. The monoisotopic (exact) mass is 257 g/mol. The predicted molar refractivity (Wildman–Crippen MR) is 79.8 cm³/mol. The van der Waals surface area contributed by atoms with Gasteiger partial charge in [0.2, 0.25) is 5.95 Å². The molecule has 2 aromatic rings. The number of nitrogens with two attached hydrogens (primary N) is 1. The number of benzene rings is 1. The van der Waals surface area contributed by atoms with Crippen LogP contribution in [0.5, 0.6) is 0 Å². The molecule has 0 aliphatic carbocycles. The van der Waals surface area contributed by atoms with Crippen molar-refractivity contribution in [2.24, 2.45) is 0 Å². The van der Waals surface area contributed by atoms with Gasteiger partial charge in [0, 0.05) is 18.8 Å². The molecule has 1 aromatic carbocycles. The van der Waals surface area contributed by atoms with Crippen LogP contribution in [0, 0.1) is 0 Å². The smallest absolute Gasteiger partial charge is 0.223 e. The zero-order chi connectivity index (χ0) is 13.8. The van der Waals surface area contributed by atoms with Gasteiger partial charge in [-0.15, -0.1) is 0 Å². The lowest BCUT2D eigenvalue weighted by Gasteiger charge is -2.10. The molecule has 0 atom stereocenters. The highest BCUT2D eigenvalue weighted by atomic mass is 15.1. The minimum atomic E-state index is 0.244. The Bertz CT molecular complexity index is 548. The van der Waals surface area contributed by atoms with Gasteiger partial charge in [-0.1, -0.05) is 26.0 Å². The van der Waals surface area contributed by atoms with Crippen LogP contribution in [0.3, 0.4) is 0 Å². The predicted octanol–water partition coefficient (Wildman–Crippen LogP) is 2.97. The van der Waals surface area contributed by atoms with Gasteiger partial charge in [0.1, 0.15) is 11.6 Å². The number of hydrogen-bond donors (Lipinski definition) is 3. The van der Waals surface area contributed by atoms with Gasteiger partial charge in [-0.3, -0.25) is 0 Å². The summed E-state index contributed by atoms with van der Waals surface area (Å²) in [5, 5.41) is 6.16. The highest BCUT2D eigenvalue weighted by molar-refractivity contribution is 5.60. The number of nitrogen functional groups attached to an aromatic ring is 1. The first kappa shape index (κ1) is 13.1. The van der Waals surface area contributed by atoms with Crippen molar-refractivity contribution in [2.45, 2.75) is 19.8 Å². The molecule has 1 aromatic heterocycles. The number of hydrogen-bond acceptors (Lipinski definition) is 5. The van der Waals surface area contributed by atoms with E-state index >= 15 is 0 Å². The van der Waals surface area contributed by atoms with Crippen LogP contribution in [0.1, 0.15) is 25.3 Å². The van der Waals surface area contributed by atoms with E-state index in [1.165, 1.54) is 5.56 Å². The van der Waals surface area contributed by atoms with E-state index in [4.69, 9.17) is 5.73 Å². The molecule has 0 fully saturated rings. The number of aromatic nitrogens is 2. The second kappa shape index (κ2) is 5.56. The van der Waals surface area contributed by atoms with Gasteiger partial charge >= 0.3 is 0 Å². The van der Waals surface area contributed by atoms with Crippen molar-refractivity contribution in [1.29, 1.82) is 0 Å². The Balaban J connectivity index is 2.18. The minimum absolute atomic E-state index is 0.244. The fourth-order valence-electron chi connectivity index (χ4n) is 1.76. The Kier molecular flexibility index (Phi) is 3.85. The molecule has 0 radical (unpaired) electrons. The Morgan fingerprint density at radius 1 is 1.05 bits per heavy atom. The lowest BCUT2D eigenvalue weighted by Crippen LogP contribution is -2.03. The van der Waals surface area contributed by atoms with Gasteiger partial charge < -0.3 is 16.4 Å². The van der Waals surface area contributed by atoms with E-state index in [9.17, 15) is 0 Å². The second-order valence-corrected chi connectivity index (χ2v) is 4.65. The van der Waals surface area contributed by atoms with Crippen LogP contribution in [-0.2, 0) is 0 Å². The summed E-state index contributed by atoms with van der Waals surface area (Å²) in [5.41, 5.74) is 7.94. The third-order valence-corrected chi connectivity index (χ3v) is 2.85. The third kappa shape index (κ3) is 3.34. The highest BCUT2D eigenvalue weighted by Gasteiger charge is 2.03. The number of rotatable bonds is 4. The number of nitrogens with one attached hydrogen (secondary N) is 2. The van der Waals surface area contributed by atoms with Crippen LogP contribution in [-0.4, -0.2) is 17.0 Å². The lowest BCUT2D eigenvalue weighted by atomic mass is 10.0. The maximum atomic E-state index is 5.65. The van der Waals surface area contributed by atoms with E-state index in [-0.39, 0.29) is 5.95 Å². The minimum Gasteiger partial charge on any atom is -0.373 e. The Labute approximate surface area is 113 Å². The first-order valence-corrected chi connectivity index (χ1v) is 6.28. The van der Waals surface area contributed by atoms with E-state index in [2.05, 4.69) is 46.6 Å². The second-order valence-electron chi connectivity index (χ2n) is 4.65. The van der Waals surface area contributed by atoms with E-state index in [0.717, 1.165) is 5.69 Å². The van der Waals surface area contributed by atoms with Crippen molar-refractivity contribution in [2.75, 3.05) is 23.4 Å². The van der Waals surface area contributed by atoms with Crippen LogP contribution in [0.15, 0.2) is 30.3 Å². The third-order valence-electron chi connectivity index (χ3n) is 2.85. The van der Waals surface area contributed by atoms with Gasteiger partial charge in [0.05, 0.1) is 0 Å². The molecule has 0 aliphatic heterocycles. The molecule has 5 nitrogen and oxygen atoms in total. The Morgan fingerprint density at radius 3 is 2.26 bits per heavy atom. The number of nitrogens with zero attached hydrogens (tertiary/aromatic N) is 2. The van der Waals surface area contributed by atoms with Crippen molar-refractivity contribution in [3.05, 3.63) is 35.9 Å². The fraction of sp³-hybridized carbons (Fsp3) is 0.286. The quantitative estimate of drug-likeness (QED) is 0.785. The maximum absolute atomic E-state index is 5.65. The lowest BCUT2D eigenvalue weighted by molar-refractivity contribution is 0.867.